The molecular weight excluding hydrogens is 361 g/mol. The predicted molar refractivity (Wildman–Crippen MR) is 105 cm³/mol. The zero-order valence-corrected chi connectivity index (χ0v) is 15.9. The van der Waals surface area contributed by atoms with Crippen LogP contribution in [0.2, 0.25) is 0 Å². The molecule has 0 atom stereocenters. The number of nitrogens with one attached hydrogen (secondary N) is 2. The van der Waals surface area contributed by atoms with E-state index in [1.165, 1.54) is 0 Å². The van der Waals surface area contributed by atoms with Crippen molar-refractivity contribution >= 4 is 36.4 Å². The molecule has 1 aromatic carbocycles. The molecule has 1 amide bonds. The van der Waals surface area contributed by atoms with Crippen molar-refractivity contribution < 1.29 is 4.79 Å². The Hall–Kier alpha value is -1.60. The highest BCUT2D eigenvalue weighted by Crippen LogP contribution is 2.14. The average molecular weight is 386 g/mol. The molecule has 0 aliphatic carbocycles. The van der Waals surface area contributed by atoms with Crippen molar-refractivity contribution in [3.63, 3.8) is 0 Å². The van der Waals surface area contributed by atoms with E-state index in [1.807, 2.05) is 43.6 Å². The third-order valence-corrected chi connectivity index (χ3v) is 4.22. The van der Waals surface area contributed by atoms with Gasteiger partial charge in [-0.2, -0.15) is 5.10 Å². The van der Waals surface area contributed by atoms with Crippen molar-refractivity contribution in [1.29, 1.82) is 0 Å². The molecule has 2 N–H and O–H groups in total. The lowest BCUT2D eigenvalue weighted by molar-refractivity contribution is -0.117. The number of nitrogens with zero attached hydrogens (tertiary/aromatic N) is 3. The smallest absolute Gasteiger partial charge is 0.238 e. The lowest BCUT2D eigenvalue weighted by Gasteiger charge is -2.31. The summed E-state index contributed by atoms with van der Waals surface area (Å²) in [7, 11) is 2.02. The number of rotatable bonds is 5. The second-order valence-electron chi connectivity index (χ2n) is 5.95. The van der Waals surface area contributed by atoms with E-state index in [9.17, 15) is 4.79 Å². The van der Waals surface area contributed by atoms with E-state index < -0.39 is 0 Å². The number of anilines is 1. The van der Waals surface area contributed by atoms with E-state index in [-0.39, 0.29) is 30.7 Å². The van der Waals surface area contributed by atoms with Crippen molar-refractivity contribution in [3.8, 4) is 5.69 Å². The summed E-state index contributed by atoms with van der Waals surface area (Å²) in [6, 6.07) is 10.1. The number of hydrogen-bond acceptors (Lipinski definition) is 4. The molecule has 1 aromatic heterocycles. The van der Waals surface area contributed by atoms with E-state index in [4.69, 9.17) is 0 Å². The van der Waals surface area contributed by atoms with Crippen LogP contribution in [-0.4, -0.2) is 53.3 Å². The zero-order chi connectivity index (χ0) is 16.1. The number of halogens is 2. The van der Waals surface area contributed by atoms with Gasteiger partial charge in [0, 0.05) is 24.1 Å². The molecule has 0 bridgehead atoms. The highest BCUT2D eigenvalue weighted by atomic mass is 35.5. The Morgan fingerprint density at radius 3 is 2.76 bits per heavy atom. The van der Waals surface area contributed by atoms with Gasteiger partial charge in [0.25, 0.3) is 0 Å². The van der Waals surface area contributed by atoms with Crippen molar-refractivity contribution in [3.05, 3.63) is 42.7 Å². The second kappa shape index (κ2) is 10.4. The second-order valence-corrected chi connectivity index (χ2v) is 5.95. The van der Waals surface area contributed by atoms with Crippen LogP contribution in [0, 0.1) is 0 Å². The van der Waals surface area contributed by atoms with E-state index in [0.29, 0.717) is 12.6 Å². The molecule has 25 heavy (non-hydrogen) atoms. The lowest BCUT2D eigenvalue weighted by atomic mass is 10.1. The first kappa shape index (κ1) is 21.4. The summed E-state index contributed by atoms with van der Waals surface area (Å²) >= 11 is 0. The Kier molecular flexibility index (Phi) is 8.92. The maximum absolute atomic E-state index is 12.3. The molecule has 0 unspecified atom stereocenters. The third kappa shape index (κ3) is 6.01. The van der Waals surface area contributed by atoms with Crippen LogP contribution < -0.4 is 10.6 Å². The molecule has 0 saturated carbocycles. The molecule has 6 nitrogen and oxygen atoms in total. The van der Waals surface area contributed by atoms with Crippen LogP contribution in [0.4, 0.5) is 5.69 Å². The van der Waals surface area contributed by atoms with Crippen molar-refractivity contribution in [2.75, 3.05) is 32.0 Å². The van der Waals surface area contributed by atoms with Crippen molar-refractivity contribution in [2.24, 2.45) is 0 Å². The largest absolute Gasteiger partial charge is 0.325 e. The summed E-state index contributed by atoms with van der Waals surface area (Å²) in [6.07, 6.45) is 5.81. The number of aromatic nitrogens is 2. The van der Waals surface area contributed by atoms with Crippen LogP contribution in [-0.2, 0) is 4.79 Å². The average Bonchev–Trinajstić information content (AvgIpc) is 3.10. The Labute approximate surface area is 160 Å². The Bertz CT molecular complexity index is 644. The first-order chi connectivity index (χ1) is 11.2. The summed E-state index contributed by atoms with van der Waals surface area (Å²) < 4.78 is 1.77. The molecule has 3 rings (SSSR count). The molecule has 138 valence electrons. The predicted octanol–water partition coefficient (Wildman–Crippen LogP) is 2.34. The van der Waals surface area contributed by atoms with Crippen LogP contribution in [0.3, 0.4) is 0 Å². The molecule has 1 fully saturated rings. The number of hydrogen-bond donors (Lipinski definition) is 2. The maximum Gasteiger partial charge on any atom is 0.238 e. The van der Waals surface area contributed by atoms with Gasteiger partial charge in [-0.15, -0.1) is 24.8 Å². The fourth-order valence-electron chi connectivity index (χ4n) is 2.95. The molecule has 0 spiro atoms. The van der Waals surface area contributed by atoms with Gasteiger partial charge in [-0.1, -0.05) is 6.07 Å². The minimum atomic E-state index is 0. The summed E-state index contributed by atoms with van der Waals surface area (Å²) in [5, 5.41) is 10.5. The van der Waals surface area contributed by atoms with Gasteiger partial charge in [-0.05, 0) is 57.2 Å². The highest BCUT2D eigenvalue weighted by molar-refractivity contribution is 5.92. The van der Waals surface area contributed by atoms with Gasteiger partial charge < -0.3 is 10.6 Å². The first-order valence-corrected chi connectivity index (χ1v) is 8.03. The van der Waals surface area contributed by atoms with Crippen molar-refractivity contribution in [2.45, 2.75) is 18.9 Å². The zero-order valence-electron chi connectivity index (χ0n) is 14.2. The van der Waals surface area contributed by atoms with Crippen LogP contribution in [0.25, 0.3) is 5.69 Å². The van der Waals surface area contributed by atoms with Gasteiger partial charge in [0.05, 0.1) is 12.2 Å². The topological polar surface area (TPSA) is 62.2 Å². The fraction of sp³-hybridized carbons (Fsp3) is 0.412. The summed E-state index contributed by atoms with van der Waals surface area (Å²) in [4.78, 5) is 14.4. The van der Waals surface area contributed by atoms with Crippen LogP contribution >= 0.6 is 24.8 Å². The van der Waals surface area contributed by atoms with E-state index >= 15 is 0 Å². The Balaban J connectivity index is 0.00000156. The monoisotopic (exact) mass is 385 g/mol. The number of benzene rings is 1. The van der Waals surface area contributed by atoms with E-state index in [2.05, 4.69) is 20.6 Å². The molecule has 1 saturated heterocycles. The number of piperidine rings is 1. The van der Waals surface area contributed by atoms with Crippen molar-refractivity contribution in [1.82, 2.24) is 20.0 Å². The van der Waals surface area contributed by atoms with Gasteiger partial charge in [0.15, 0.2) is 0 Å². The minimum absolute atomic E-state index is 0. The van der Waals surface area contributed by atoms with Gasteiger partial charge in [0.2, 0.25) is 5.91 Å². The van der Waals surface area contributed by atoms with Crippen LogP contribution in [0.1, 0.15) is 12.8 Å². The Morgan fingerprint density at radius 1 is 1.32 bits per heavy atom. The highest BCUT2D eigenvalue weighted by Gasteiger charge is 2.19. The molecule has 0 radical (unpaired) electrons. The molecule has 1 aliphatic heterocycles. The maximum atomic E-state index is 12.3. The lowest BCUT2D eigenvalue weighted by Crippen LogP contribution is -2.44. The summed E-state index contributed by atoms with van der Waals surface area (Å²) in [6.45, 7) is 2.47. The van der Waals surface area contributed by atoms with Gasteiger partial charge >= 0.3 is 0 Å². The summed E-state index contributed by atoms with van der Waals surface area (Å²) in [5.74, 6) is 0.0173. The first-order valence-electron chi connectivity index (χ1n) is 8.03. The van der Waals surface area contributed by atoms with Crippen LogP contribution in [0.15, 0.2) is 42.7 Å². The third-order valence-electron chi connectivity index (χ3n) is 4.22. The normalized spacial score (nSPS) is 14.5. The Morgan fingerprint density at radius 2 is 2.08 bits per heavy atom. The number of likely N-dealkylation sites (N-methyl/N-ethyl adjacent to an activating group) is 1. The van der Waals surface area contributed by atoms with Crippen LogP contribution in [0.5, 0.6) is 0 Å². The molecular formula is C17H25Cl2N5O. The molecule has 1 aliphatic rings. The molecule has 2 heterocycles. The number of carbonyl (C=O) groups is 1. The molecule has 8 heteroatoms. The van der Waals surface area contributed by atoms with E-state index in [0.717, 1.165) is 37.3 Å². The summed E-state index contributed by atoms with van der Waals surface area (Å²) in [5.41, 5.74) is 1.72. The standard InChI is InChI=1S/C17H23N5O.2ClH/c1-21(15-6-9-18-10-7-15)13-17(23)20-14-4-2-5-16(12-14)22-11-3-8-19-22;;/h2-5,8,11-12,15,18H,6-7,9-10,13H2,1H3,(H,20,23);2*1H. The fourth-order valence-corrected chi connectivity index (χ4v) is 2.95. The molecule has 2 aromatic rings. The van der Waals surface area contributed by atoms with Gasteiger partial charge in [0.1, 0.15) is 0 Å². The number of carbonyl (C=O) groups excluding carboxylic acids is 1. The quantitative estimate of drug-likeness (QED) is 0.828. The van der Waals surface area contributed by atoms with Gasteiger partial charge in [-0.3, -0.25) is 9.69 Å². The van der Waals surface area contributed by atoms with Gasteiger partial charge in [-0.25, -0.2) is 4.68 Å². The minimum Gasteiger partial charge on any atom is -0.325 e. The van der Waals surface area contributed by atoms with E-state index in [1.54, 1.807) is 10.9 Å². The number of amides is 1. The SMILES string of the molecule is CN(CC(=O)Nc1cccc(-n2cccn2)c1)C1CCNCC1.Cl.Cl.